The van der Waals surface area contributed by atoms with Gasteiger partial charge in [0.15, 0.2) is 5.88 Å². The molecule has 1 aromatic heterocycles. The van der Waals surface area contributed by atoms with E-state index in [0.29, 0.717) is 22.3 Å². The predicted octanol–water partition coefficient (Wildman–Crippen LogP) is 6.54. The standard InChI is InChI=1S/C26H26ClN3O/c1-17(2)30(3)16-18-9-12-21(13-10-18)28-25(19-7-5-4-6-8-19)24-22-14-11-20(27)15-23(22)29-26(24)31/h4-15,17,29,31H,16H2,1-3H3. The highest BCUT2D eigenvalue weighted by atomic mass is 35.5. The second-order valence-corrected chi connectivity index (χ2v) is 8.48. The molecule has 31 heavy (non-hydrogen) atoms. The molecule has 0 aliphatic rings. The monoisotopic (exact) mass is 431 g/mol. The molecule has 0 aliphatic heterocycles. The second-order valence-electron chi connectivity index (χ2n) is 8.04. The van der Waals surface area contributed by atoms with Crippen molar-refractivity contribution in [1.82, 2.24) is 9.88 Å². The Balaban J connectivity index is 1.79. The number of hydrogen-bond acceptors (Lipinski definition) is 3. The highest BCUT2D eigenvalue weighted by molar-refractivity contribution is 6.31. The van der Waals surface area contributed by atoms with Crippen molar-refractivity contribution in [2.45, 2.75) is 26.4 Å². The van der Waals surface area contributed by atoms with Crippen LogP contribution in [-0.4, -0.2) is 33.8 Å². The van der Waals surface area contributed by atoms with Gasteiger partial charge in [0.2, 0.25) is 0 Å². The summed E-state index contributed by atoms with van der Waals surface area (Å²) < 4.78 is 0. The third kappa shape index (κ3) is 4.66. The summed E-state index contributed by atoms with van der Waals surface area (Å²) >= 11 is 6.14. The van der Waals surface area contributed by atoms with Crippen LogP contribution in [0.4, 0.5) is 5.69 Å². The Hall–Kier alpha value is -3.08. The van der Waals surface area contributed by atoms with Gasteiger partial charge in [-0.25, -0.2) is 4.99 Å². The number of aromatic nitrogens is 1. The molecule has 0 amide bonds. The van der Waals surface area contributed by atoms with E-state index in [-0.39, 0.29) is 5.88 Å². The maximum absolute atomic E-state index is 10.7. The number of fused-ring (bicyclic) bond motifs is 1. The summed E-state index contributed by atoms with van der Waals surface area (Å²) in [5, 5.41) is 12.2. The summed E-state index contributed by atoms with van der Waals surface area (Å²) in [6.07, 6.45) is 0. The molecule has 4 rings (SSSR count). The normalized spacial score (nSPS) is 12.3. The molecule has 3 aromatic carbocycles. The van der Waals surface area contributed by atoms with Gasteiger partial charge < -0.3 is 10.1 Å². The van der Waals surface area contributed by atoms with E-state index >= 15 is 0 Å². The Kier molecular flexibility index (Phi) is 6.12. The van der Waals surface area contributed by atoms with Gasteiger partial charge in [-0.2, -0.15) is 0 Å². The molecule has 0 bridgehead atoms. The lowest BCUT2D eigenvalue weighted by atomic mass is 10.0. The summed E-state index contributed by atoms with van der Waals surface area (Å²) in [5.41, 5.74) is 5.15. The van der Waals surface area contributed by atoms with Crippen molar-refractivity contribution in [3.05, 3.63) is 94.5 Å². The zero-order valence-electron chi connectivity index (χ0n) is 17.9. The van der Waals surface area contributed by atoms with Gasteiger partial charge in [0.25, 0.3) is 0 Å². The third-order valence-corrected chi connectivity index (χ3v) is 5.75. The van der Waals surface area contributed by atoms with Gasteiger partial charge in [0, 0.05) is 28.6 Å². The highest BCUT2D eigenvalue weighted by Gasteiger charge is 2.18. The first kappa shape index (κ1) is 21.2. The minimum Gasteiger partial charge on any atom is -0.494 e. The molecule has 0 saturated heterocycles. The fourth-order valence-electron chi connectivity index (χ4n) is 3.53. The lowest BCUT2D eigenvalue weighted by molar-refractivity contribution is 0.266. The minimum absolute atomic E-state index is 0.0787. The quantitative estimate of drug-likeness (QED) is 0.341. The van der Waals surface area contributed by atoms with Gasteiger partial charge in [-0.1, -0.05) is 60.1 Å². The number of benzene rings is 3. The maximum atomic E-state index is 10.7. The van der Waals surface area contributed by atoms with Crippen LogP contribution < -0.4 is 0 Å². The zero-order valence-corrected chi connectivity index (χ0v) is 18.7. The summed E-state index contributed by atoms with van der Waals surface area (Å²) in [5.74, 6) is 0.0787. The average Bonchev–Trinajstić information content (AvgIpc) is 3.08. The van der Waals surface area contributed by atoms with Crippen molar-refractivity contribution in [3.63, 3.8) is 0 Å². The second kappa shape index (κ2) is 8.96. The van der Waals surface area contributed by atoms with Crippen LogP contribution in [0.5, 0.6) is 5.88 Å². The van der Waals surface area contributed by atoms with Crippen LogP contribution in [0.25, 0.3) is 10.9 Å². The lowest BCUT2D eigenvalue weighted by Gasteiger charge is -2.20. The molecule has 0 fully saturated rings. The molecule has 4 aromatic rings. The van der Waals surface area contributed by atoms with Crippen LogP contribution in [0.2, 0.25) is 5.02 Å². The SMILES string of the molecule is CC(C)N(C)Cc1ccc(N=C(c2ccccc2)c2c(O)[nH]c3cc(Cl)ccc23)cc1. The van der Waals surface area contributed by atoms with Crippen LogP contribution in [0.1, 0.15) is 30.5 Å². The molecule has 0 unspecified atom stereocenters. The maximum Gasteiger partial charge on any atom is 0.199 e. The first-order valence-corrected chi connectivity index (χ1v) is 10.7. The molecular formula is C26H26ClN3O. The van der Waals surface area contributed by atoms with E-state index in [1.54, 1.807) is 0 Å². The van der Waals surface area contributed by atoms with Crippen molar-refractivity contribution in [3.8, 4) is 5.88 Å². The van der Waals surface area contributed by atoms with Crippen LogP contribution in [0.15, 0.2) is 77.8 Å². The molecule has 5 heteroatoms. The molecule has 1 heterocycles. The van der Waals surface area contributed by atoms with Gasteiger partial charge in [-0.15, -0.1) is 0 Å². The number of nitrogens with one attached hydrogen (secondary N) is 1. The van der Waals surface area contributed by atoms with Crippen LogP contribution in [0.3, 0.4) is 0 Å². The van der Waals surface area contributed by atoms with Crippen LogP contribution in [-0.2, 0) is 6.54 Å². The highest BCUT2D eigenvalue weighted by Crippen LogP contribution is 2.32. The number of aromatic amines is 1. The summed E-state index contributed by atoms with van der Waals surface area (Å²) in [4.78, 5) is 10.3. The topological polar surface area (TPSA) is 51.6 Å². The van der Waals surface area contributed by atoms with Gasteiger partial charge in [0.05, 0.1) is 22.5 Å². The Bertz CT molecular complexity index is 1210. The largest absolute Gasteiger partial charge is 0.494 e. The molecule has 0 radical (unpaired) electrons. The van der Waals surface area contributed by atoms with E-state index in [4.69, 9.17) is 16.6 Å². The van der Waals surface area contributed by atoms with Crippen molar-refractivity contribution >= 4 is 33.9 Å². The summed E-state index contributed by atoms with van der Waals surface area (Å²) in [6.45, 7) is 5.26. The van der Waals surface area contributed by atoms with Gasteiger partial charge in [-0.05, 0) is 50.7 Å². The number of aliphatic imine (C=N–C) groups is 1. The van der Waals surface area contributed by atoms with Crippen molar-refractivity contribution < 1.29 is 5.11 Å². The fourth-order valence-corrected chi connectivity index (χ4v) is 3.70. The molecule has 0 spiro atoms. The van der Waals surface area contributed by atoms with E-state index in [1.807, 2.05) is 60.7 Å². The Labute approximate surface area is 187 Å². The smallest absolute Gasteiger partial charge is 0.199 e. The predicted molar refractivity (Wildman–Crippen MR) is 130 cm³/mol. The number of H-pyrrole nitrogens is 1. The van der Waals surface area contributed by atoms with Gasteiger partial charge in [0.1, 0.15) is 0 Å². The van der Waals surface area contributed by atoms with E-state index in [0.717, 1.165) is 28.7 Å². The molecule has 2 N–H and O–H groups in total. The lowest BCUT2D eigenvalue weighted by Crippen LogP contribution is -2.25. The molecular weight excluding hydrogens is 406 g/mol. The third-order valence-electron chi connectivity index (χ3n) is 5.52. The van der Waals surface area contributed by atoms with Crippen LogP contribution >= 0.6 is 11.6 Å². The molecule has 0 aliphatic carbocycles. The van der Waals surface area contributed by atoms with E-state index in [1.165, 1.54) is 5.56 Å². The Morgan fingerprint density at radius 1 is 1.03 bits per heavy atom. The summed E-state index contributed by atoms with van der Waals surface area (Å²) in [7, 11) is 2.12. The van der Waals surface area contributed by atoms with E-state index in [2.05, 4.69) is 42.9 Å². The average molecular weight is 432 g/mol. The number of halogens is 1. The van der Waals surface area contributed by atoms with Gasteiger partial charge in [-0.3, -0.25) is 4.90 Å². The van der Waals surface area contributed by atoms with Crippen molar-refractivity contribution in [2.24, 2.45) is 4.99 Å². The molecule has 0 atom stereocenters. The van der Waals surface area contributed by atoms with E-state index in [9.17, 15) is 5.11 Å². The molecule has 158 valence electrons. The summed E-state index contributed by atoms with van der Waals surface area (Å²) in [6, 6.07) is 24.2. The Morgan fingerprint density at radius 3 is 2.42 bits per heavy atom. The fraction of sp³-hybridized carbons (Fsp3) is 0.192. The number of rotatable bonds is 6. The molecule has 0 saturated carbocycles. The number of nitrogens with zero attached hydrogens (tertiary/aromatic N) is 2. The zero-order chi connectivity index (χ0) is 22.0. The molecule has 4 nitrogen and oxygen atoms in total. The minimum atomic E-state index is 0.0787. The van der Waals surface area contributed by atoms with Gasteiger partial charge >= 0.3 is 0 Å². The van der Waals surface area contributed by atoms with Crippen molar-refractivity contribution in [1.29, 1.82) is 0 Å². The number of hydrogen-bond donors (Lipinski definition) is 2. The number of aromatic hydroxyl groups is 1. The first-order chi connectivity index (χ1) is 14.9. The Morgan fingerprint density at radius 2 is 1.74 bits per heavy atom. The van der Waals surface area contributed by atoms with Crippen LogP contribution in [0, 0.1) is 0 Å². The first-order valence-electron chi connectivity index (χ1n) is 10.4. The van der Waals surface area contributed by atoms with E-state index < -0.39 is 0 Å². The van der Waals surface area contributed by atoms with Crippen molar-refractivity contribution in [2.75, 3.05) is 7.05 Å².